The molecular weight excluding hydrogens is 364 g/mol. The minimum atomic E-state index is 0.0609. The summed E-state index contributed by atoms with van der Waals surface area (Å²) in [5.41, 5.74) is 3.52. The topological polar surface area (TPSA) is 50.8 Å². The fourth-order valence-electron chi connectivity index (χ4n) is 3.55. The maximum atomic E-state index is 12.1. The lowest BCUT2D eigenvalue weighted by molar-refractivity contribution is -0.121. The van der Waals surface area contributed by atoms with Crippen LogP contribution in [0.15, 0.2) is 48.5 Å². The number of carbonyl (C=O) groups excluding carboxylic acids is 1. The van der Waals surface area contributed by atoms with Crippen LogP contribution in [-0.2, 0) is 22.6 Å². The highest BCUT2D eigenvalue weighted by Gasteiger charge is 2.16. The van der Waals surface area contributed by atoms with Crippen molar-refractivity contribution in [1.29, 1.82) is 0 Å². The van der Waals surface area contributed by atoms with Gasteiger partial charge < -0.3 is 14.8 Å². The number of ether oxygens (including phenoxy) is 2. The predicted octanol–water partition coefficient (Wildman–Crippen LogP) is 3.69. The first-order valence-corrected chi connectivity index (χ1v) is 10.5. The van der Waals surface area contributed by atoms with Crippen LogP contribution in [-0.4, -0.2) is 43.2 Å². The van der Waals surface area contributed by atoms with Crippen molar-refractivity contribution >= 4 is 5.91 Å². The minimum absolute atomic E-state index is 0.0609. The summed E-state index contributed by atoms with van der Waals surface area (Å²) in [4.78, 5) is 14.6. The SMILES string of the molecule is Cc1ccccc1OCCCC(=O)NCc1cccc(CN2CCOC(C)C2)c1. The zero-order valence-electron chi connectivity index (χ0n) is 17.5. The Kier molecular flexibility index (Phi) is 8.08. The highest BCUT2D eigenvalue weighted by molar-refractivity contribution is 5.75. The predicted molar refractivity (Wildman–Crippen MR) is 115 cm³/mol. The lowest BCUT2D eigenvalue weighted by Gasteiger charge is -2.31. The van der Waals surface area contributed by atoms with Crippen LogP contribution in [0.25, 0.3) is 0 Å². The molecule has 1 aliphatic heterocycles. The Morgan fingerprint density at radius 3 is 2.86 bits per heavy atom. The number of rotatable bonds is 9. The van der Waals surface area contributed by atoms with Gasteiger partial charge in [0.2, 0.25) is 5.91 Å². The van der Waals surface area contributed by atoms with Crippen molar-refractivity contribution < 1.29 is 14.3 Å². The summed E-state index contributed by atoms with van der Waals surface area (Å²) >= 11 is 0. The molecule has 0 aromatic heterocycles. The van der Waals surface area contributed by atoms with Crippen LogP contribution in [0.2, 0.25) is 0 Å². The third-order valence-corrected chi connectivity index (χ3v) is 5.11. The van der Waals surface area contributed by atoms with Crippen molar-refractivity contribution in [2.75, 3.05) is 26.3 Å². The number of aryl methyl sites for hydroxylation is 1. The zero-order chi connectivity index (χ0) is 20.5. The molecule has 1 fully saturated rings. The number of morpholine rings is 1. The van der Waals surface area contributed by atoms with Crippen molar-refractivity contribution in [3.8, 4) is 5.75 Å². The number of hydrogen-bond acceptors (Lipinski definition) is 4. The molecule has 29 heavy (non-hydrogen) atoms. The van der Waals surface area contributed by atoms with Gasteiger partial charge in [0.05, 0.1) is 19.3 Å². The van der Waals surface area contributed by atoms with E-state index in [2.05, 4.69) is 41.4 Å². The molecule has 0 aliphatic carbocycles. The van der Waals surface area contributed by atoms with Gasteiger partial charge in [0.1, 0.15) is 5.75 Å². The number of para-hydroxylation sites is 1. The van der Waals surface area contributed by atoms with Gasteiger partial charge >= 0.3 is 0 Å². The monoisotopic (exact) mass is 396 g/mol. The van der Waals surface area contributed by atoms with Crippen LogP contribution >= 0.6 is 0 Å². The lowest BCUT2D eigenvalue weighted by atomic mass is 10.1. The quantitative estimate of drug-likeness (QED) is 0.657. The molecule has 1 atom stereocenters. The highest BCUT2D eigenvalue weighted by atomic mass is 16.5. The molecule has 0 saturated carbocycles. The average molecular weight is 397 g/mol. The molecule has 1 heterocycles. The number of carbonyl (C=O) groups is 1. The van der Waals surface area contributed by atoms with Gasteiger partial charge in [-0.2, -0.15) is 0 Å². The maximum absolute atomic E-state index is 12.1. The minimum Gasteiger partial charge on any atom is -0.493 e. The molecule has 0 bridgehead atoms. The maximum Gasteiger partial charge on any atom is 0.220 e. The summed E-state index contributed by atoms with van der Waals surface area (Å²) in [6.07, 6.45) is 1.47. The van der Waals surface area contributed by atoms with Crippen LogP contribution in [0.3, 0.4) is 0 Å². The Morgan fingerprint density at radius 1 is 1.21 bits per heavy atom. The summed E-state index contributed by atoms with van der Waals surface area (Å²) < 4.78 is 11.4. The van der Waals surface area contributed by atoms with Gasteiger partial charge in [-0.1, -0.05) is 42.5 Å². The lowest BCUT2D eigenvalue weighted by Crippen LogP contribution is -2.40. The highest BCUT2D eigenvalue weighted by Crippen LogP contribution is 2.16. The van der Waals surface area contributed by atoms with Crippen molar-refractivity contribution in [1.82, 2.24) is 10.2 Å². The van der Waals surface area contributed by atoms with Crippen LogP contribution in [0.5, 0.6) is 5.75 Å². The second-order valence-corrected chi connectivity index (χ2v) is 7.73. The standard InChI is InChI=1S/C24H32N2O3/c1-19-7-3-4-10-23(19)29-13-6-11-24(27)25-16-21-8-5-9-22(15-21)18-26-12-14-28-20(2)17-26/h3-5,7-10,15,20H,6,11-14,16-18H2,1-2H3,(H,25,27). The molecule has 5 nitrogen and oxygen atoms in total. The number of hydrogen-bond donors (Lipinski definition) is 1. The normalized spacial score (nSPS) is 17.1. The molecule has 1 N–H and O–H groups in total. The van der Waals surface area contributed by atoms with Gasteiger partial charge in [0, 0.05) is 32.6 Å². The number of benzene rings is 2. The van der Waals surface area contributed by atoms with E-state index in [-0.39, 0.29) is 5.91 Å². The molecule has 1 unspecified atom stereocenters. The zero-order valence-corrected chi connectivity index (χ0v) is 17.5. The summed E-state index contributed by atoms with van der Waals surface area (Å²) in [6, 6.07) is 16.4. The Balaban J connectivity index is 1.37. The third kappa shape index (κ3) is 7.18. The van der Waals surface area contributed by atoms with E-state index in [1.165, 1.54) is 5.56 Å². The summed E-state index contributed by atoms with van der Waals surface area (Å²) in [5, 5.41) is 3.02. The summed E-state index contributed by atoms with van der Waals surface area (Å²) in [5.74, 6) is 0.949. The average Bonchev–Trinajstić information content (AvgIpc) is 2.71. The molecular formula is C24H32N2O3. The molecule has 3 rings (SSSR count). The van der Waals surface area contributed by atoms with Crippen LogP contribution in [0.1, 0.15) is 36.5 Å². The molecule has 0 radical (unpaired) electrons. The van der Waals surface area contributed by atoms with Gasteiger partial charge in [-0.25, -0.2) is 0 Å². The van der Waals surface area contributed by atoms with Gasteiger partial charge in [0.15, 0.2) is 0 Å². The van der Waals surface area contributed by atoms with E-state index < -0.39 is 0 Å². The molecule has 1 amide bonds. The molecule has 156 valence electrons. The number of amides is 1. The first-order valence-electron chi connectivity index (χ1n) is 10.5. The van der Waals surface area contributed by atoms with E-state index in [9.17, 15) is 4.79 Å². The van der Waals surface area contributed by atoms with Crippen LogP contribution in [0.4, 0.5) is 0 Å². The Morgan fingerprint density at radius 2 is 2.03 bits per heavy atom. The van der Waals surface area contributed by atoms with E-state index in [1.54, 1.807) is 0 Å². The Hall–Kier alpha value is -2.37. The molecule has 0 spiro atoms. The smallest absolute Gasteiger partial charge is 0.220 e. The Bertz CT molecular complexity index is 793. The first-order chi connectivity index (χ1) is 14.1. The molecule has 2 aromatic carbocycles. The van der Waals surface area contributed by atoms with Gasteiger partial charge in [-0.15, -0.1) is 0 Å². The van der Waals surface area contributed by atoms with Crippen molar-refractivity contribution in [3.63, 3.8) is 0 Å². The van der Waals surface area contributed by atoms with E-state index in [1.807, 2.05) is 31.2 Å². The van der Waals surface area contributed by atoms with E-state index >= 15 is 0 Å². The molecule has 2 aromatic rings. The summed E-state index contributed by atoms with van der Waals surface area (Å²) in [7, 11) is 0. The second-order valence-electron chi connectivity index (χ2n) is 7.73. The van der Waals surface area contributed by atoms with E-state index in [0.717, 1.165) is 43.1 Å². The number of nitrogens with one attached hydrogen (secondary N) is 1. The number of nitrogens with zero attached hydrogens (tertiary/aromatic N) is 1. The molecule has 1 aliphatic rings. The van der Waals surface area contributed by atoms with Crippen molar-refractivity contribution in [2.45, 2.75) is 45.9 Å². The second kappa shape index (κ2) is 11.0. The largest absolute Gasteiger partial charge is 0.493 e. The molecule has 1 saturated heterocycles. The fraction of sp³-hybridized carbons (Fsp3) is 0.458. The van der Waals surface area contributed by atoms with Gasteiger partial charge in [-0.05, 0) is 43.0 Å². The fourth-order valence-corrected chi connectivity index (χ4v) is 3.55. The van der Waals surface area contributed by atoms with Crippen LogP contribution < -0.4 is 10.1 Å². The molecule has 5 heteroatoms. The summed E-state index contributed by atoms with van der Waals surface area (Å²) in [6.45, 7) is 8.90. The van der Waals surface area contributed by atoms with Gasteiger partial charge in [0.25, 0.3) is 0 Å². The van der Waals surface area contributed by atoms with E-state index in [4.69, 9.17) is 9.47 Å². The first kappa shape index (κ1) is 21.3. The van der Waals surface area contributed by atoms with Crippen molar-refractivity contribution in [3.05, 3.63) is 65.2 Å². The Labute approximate surface area is 174 Å². The van der Waals surface area contributed by atoms with Crippen LogP contribution in [0, 0.1) is 6.92 Å². The van der Waals surface area contributed by atoms with Crippen molar-refractivity contribution in [2.24, 2.45) is 0 Å². The van der Waals surface area contributed by atoms with E-state index in [0.29, 0.717) is 32.1 Å². The third-order valence-electron chi connectivity index (χ3n) is 5.11. The van der Waals surface area contributed by atoms with Gasteiger partial charge in [-0.3, -0.25) is 9.69 Å².